The minimum Gasteiger partial charge on any atom is -0.143 e. The summed E-state index contributed by atoms with van der Waals surface area (Å²) in [5, 5.41) is 0. The van der Waals surface area contributed by atoms with E-state index >= 15 is 0 Å². The van der Waals surface area contributed by atoms with E-state index in [1.165, 1.54) is 6.17 Å². The molecule has 0 aromatic carbocycles. The lowest BCUT2D eigenvalue weighted by Gasteiger charge is -1.62. The third-order valence-electron chi connectivity index (χ3n) is 0.839. The van der Waals surface area contributed by atoms with Crippen molar-refractivity contribution in [2.24, 2.45) is 5.92 Å². The van der Waals surface area contributed by atoms with Gasteiger partial charge in [0.05, 0.1) is 0 Å². The van der Waals surface area contributed by atoms with Gasteiger partial charge < -0.3 is 0 Å². The van der Waals surface area contributed by atoms with Gasteiger partial charge in [-0.1, -0.05) is 5.92 Å². The molecule has 0 aromatic heterocycles. The van der Waals surface area contributed by atoms with Crippen LogP contribution < -0.4 is 0 Å². The fourth-order valence-corrected chi connectivity index (χ4v) is 0.338. The lowest BCUT2D eigenvalue weighted by Crippen LogP contribution is -1.59. The molecule has 0 amide bonds. The van der Waals surface area contributed by atoms with E-state index in [1.807, 2.05) is 12.3 Å². The largest absolute Gasteiger partial charge is 0.143 e. The van der Waals surface area contributed by atoms with Gasteiger partial charge in [0, 0.05) is 11.8 Å². The highest BCUT2D eigenvalue weighted by Crippen LogP contribution is 2.25. The van der Waals surface area contributed by atoms with Crippen molar-refractivity contribution in [2.45, 2.75) is 6.42 Å². The van der Waals surface area contributed by atoms with E-state index in [1.54, 1.807) is 0 Å². The second-order valence-corrected chi connectivity index (χ2v) is 1.57. The van der Waals surface area contributed by atoms with Crippen LogP contribution in [0.25, 0.3) is 0 Å². The standard InChI is InChI=1S/C7H4F/c8-6-2-1-3-7-4-5-7/h4,7H,5H2. The predicted octanol–water partition coefficient (Wildman–Crippen LogP) is 1.14. The zero-order chi connectivity index (χ0) is 5.82. The SMILES string of the molecule is FC#CC#CC1[CH]C1. The zero-order valence-corrected chi connectivity index (χ0v) is 4.24. The maximum absolute atomic E-state index is 11.0. The van der Waals surface area contributed by atoms with Gasteiger partial charge in [-0.3, -0.25) is 0 Å². The Morgan fingerprint density at radius 2 is 2.25 bits per heavy atom. The Bertz CT molecular complexity index is 180. The molecule has 1 radical (unpaired) electrons. The molecule has 0 aliphatic heterocycles. The first-order valence-electron chi connectivity index (χ1n) is 2.38. The Hall–Kier alpha value is -0.950. The van der Waals surface area contributed by atoms with Crippen LogP contribution in [0.4, 0.5) is 4.39 Å². The first kappa shape index (κ1) is 5.19. The van der Waals surface area contributed by atoms with Crippen molar-refractivity contribution < 1.29 is 4.39 Å². The van der Waals surface area contributed by atoms with Gasteiger partial charge >= 0.3 is 0 Å². The van der Waals surface area contributed by atoms with Crippen LogP contribution in [0.2, 0.25) is 0 Å². The van der Waals surface area contributed by atoms with E-state index in [-0.39, 0.29) is 0 Å². The molecular weight excluding hydrogens is 103 g/mol. The quantitative estimate of drug-likeness (QED) is 0.407. The van der Waals surface area contributed by atoms with Gasteiger partial charge in [-0.15, -0.1) is 4.39 Å². The molecule has 0 heterocycles. The summed E-state index contributed by atoms with van der Waals surface area (Å²) in [4.78, 5) is 0. The lowest BCUT2D eigenvalue weighted by molar-refractivity contribution is 0.774. The van der Waals surface area contributed by atoms with Crippen molar-refractivity contribution in [1.82, 2.24) is 0 Å². The first-order chi connectivity index (χ1) is 3.93. The van der Waals surface area contributed by atoms with E-state index in [9.17, 15) is 4.39 Å². The second kappa shape index (κ2) is 2.38. The Kier molecular flexibility index (Phi) is 1.55. The van der Waals surface area contributed by atoms with Gasteiger partial charge in [0.25, 0.3) is 0 Å². The van der Waals surface area contributed by atoms with Gasteiger partial charge in [0.1, 0.15) is 6.17 Å². The highest BCUT2D eigenvalue weighted by molar-refractivity contribution is 5.29. The van der Waals surface area contributed by atoms with E-state index in [2.05, 4.69) is 11.8 Å². The van der Waals surface area contributed by atoms with Gasteiger partial charge in [0.15, 0.2) is 0 Å². The van der Waals surface area contributed by atoms with Crippen LogP contribution in [0.15, 0.2) is 0 Å². The highest BCUT2D eigenvalue weighted by Gasteiger charge is 2.18. The van der Waals surface area contributed by atoms with Crippen molar-refractivity contribution in [3.05, 3.63) is 6.42 Å². The second-order valence-electron chi connectivity index (χ2n) is 1.57. The van der Waals surface area contributed by atoms with Crippen LogP contribution in [-0.4, -0.2) is 0 Å². The molecule has 0 aromatic rings. The number of hydrogen-bond acceptors (Lipinski definition) is 0. The third kappa shape index (κ3) is 1.67. The topological polar surface area (TPSA) is 0 Å². The normalized spacial score (nSPS) is 15.1. The highest BCUT2D eigenvalue weighted by atomic mass is 19.1. The fourth-order valence-electron chi connectivity index (χ4n) is 0.338. The molecule has 1 rings (SSSR count). The molecule has 1 fully saturated rings. The zero-order valence-electron chi connectivity index (χ0n) is 4.24. The molecule has 1 aliphatic rings. The van der Waals surface area contributed by atoms with Gasteiger partial charge in [-0.25, -0.2) is 0 Å². The van der Waals surface area contributed by atoms with Crippen LogP contribution in [0.1, 0.15) is 6.42 Å². The van der Waals surface area contributed by atoms with Crippen LogP contribution >= 0.6 is 0 Å². The van der Waals surface area contributed by atoms with Gasteiger partial charge in [-0.05, 0) is 18.8 Å². The van der Waals surface area contributed by atoms with Gasteiger partial charge in [0.2, 0.25) is 0 Å². The third-order valence-corrected chi connectivity index (χ3v) is 0.839. The van der Waals surface area contributed by atoms with Crippen molar-refractivity contribution in [3.8, 4) is 23.9 Å². The minimum absolute atomic E-state index is 0.399. The van der Waals surface area contributed by atoms with E-state index in [4.69, 9.17) is 0 Å². The molecule has 8 heavy (non-hydrogen) atoms. The molecule has 0 saturated heterocycles. The monoisotopic (exact) mass is 107 g/mol. The Morgan fingerprint density at radius 3 is 2.75 bits per heavy atom. The molecule has 0 N–H and O–H groups in total. The maximum Gasteiger partial charge on any atom is 0.119 e. The summed E-state index contributed by atoms with van der Waals surface area (Å²) in [5.41, 5.74) is 0. The minimum atomic E-state index is 0.399. The Morgan fingerprint density at radius 1 is 1.50 bits per heavy atom. The summed E-state index contributed by atoms with van der Waals surface area (Å²) in [5.74, 6) is 7.54. The Labute approximate surface area is 48.1 Å². The smallest absolute Gasteiger partial charge is 0.119 e. The van der Waals surface area contributed by atoms with E-state index in [0.717, 1.165) is 6.42 Å². The molecule has 0 bridgehead atoms. The first-order valence-corrected chi connectivity index (χ1v) is 2.38. The van der Waals surface area contributed by atoms with Crippen LogP contribution in [-0.2, 0) is 0 Å². The number of halogens is 1. The summed E-state index contributed by atoms with van der Waals surface area (Å²) in [6, 6.07) is 0. The molecular formula is C7H4F. The van der Waals surface area contributed by atoms with E-state index < -0.39 is 0 Å². The Balaban J connectivity index is 2.31. The average Bonchev–Trinajstić information content (AvgIpc) is 2.51. The van der Waals surface area contributed by atoms with Crippen LogP contribution in [0.5, 0.6) is 0 Å². The summed E-state index contributed by atoms with van der Waals surface area (Å²) < 4.78 is 11.0. The van der Waals surface area contributed by atoms with E-state index in [0.29, 0.717) is 5.92 Å². The molecule has 0 spiro atoms. The molecule has 1 unspecified atom stereocenters. The molecule has 1 aliphatic carbocycles. The maximum atomic E-state index is 11.0. The molecule has 1 atom stereocenters. The molecule has 1 heteroatoms. The number of rotatable bonds is 0. The van der Waals surface area contributed by atoms with Crippen molar-refractivity contribution in [2.75, 3.05) is 0 Å². The van der Waals surface area contributed by atoms with Crippen molar-refractivity contribution in [3.63, 3.8) is 0 Å². The van der Waals surface area contributed by atoms with Gasteiger partial charge in [-0.2, -0.15) is 0 Å². The van der Waals surface area contributed by atoms with Crippen molar-refractivity contribution >= 4 is 0 Å². The molecule has 0 nitrogen and oxygen atoms in total. The van der Waals surface area contributed by atoms with Crippen LogP contribution in [0.3, 0.4) is 0 Å². The summed E-state index contributed by atoms with van der Waals surface area (Å²) >= 11 is 0. The average molecular weight is 107 g/mol. The van der Waals surface area contributed by atoms with Crippen molar-refractivity contribution in [1.29, 1.82) is 0 Å². The predicted molar refractivity (Wildman–Crippen MR) is 29.1 cm³/mol. The molecule has 39 valence electrons. The summed E-state index contributed by atoms with van der Waals surface area (Å²) in [6.07, 6.45) is 4.30. The lowest BCUT2D eigenvalue weighted by atomic mass is 10.4. The summed E-state index contributed by atoms with van der Waals surface area (Å²) in [7, 11) is 0. The number of hydrogen-bond donors (Lipinski definition) is 0. The van der Waals surface area contributed by atoms with Crippen LogP contribution in [0, 0.1) is 36.3 Å². The molecule has 1 saturated carbocycles. The fraction of sp³-hybridized carbons (Fsp3) is 0.286. The summed E-state index contributed by atoms with van der Waals surface area (Å²) in [6.45, 7) is 0.